The zero-order valence-corrected chi connectivity index (χ0v) is 71.7. The Labute approximate surface area is 651 Å². The Morgan fingerprint density at radius 1 is 0.274 bits per heavy atom. The van der Waals surface area contributed by atoms with Crippen molar-refractivity contribution in [2.24, 2.45) is 17.8 Å². The number of hydrogen-bond donors (Lipinski definition) is 3. The van der Waals surface area contributed by atoms with Crippen LogP contribution in [0.1, 0.15) is 459 Å². The molecule has 0 rings (SSSR count). The standard InChI is InChI=1S/C87H170O17P2/c1-8-10-11-12-13-14-15-16-31-37-42-47-56-63-70-87(92)104-83(75-98-85(90)69-62-55-50-49-52-59-66-79(5)6)77-102-106(95,96)100-73-81(88)72-99-105(93,94)101-76-82(74-97-84(89)68-61-54-46-41-36-32-27-23-19-17-21-25-29-34-39-44-51-58-65-78(3)4)103-86(91)71-64-57-48-43-38-33-28-24-20-18-22-26-30-35-40-45-53-60-67-80(7)9-2/h78-83,88H,8-77H2,1-7H3,(H,93,94)(H,95,96)/t80?,81-,82-,83-/m1/s1. The number of aliphatic hydroxyl groups excluding tert-OH is 1. The minimum absolute atomic E-state index is 0.107. The molecule has 0 aliphatic heterocycles. The Balaban J connectivity index is 5.19. The van der Waals surface area contributed by atoms with Gasteiger partial charge in [0.25, 0.3) is 0 Å². The molecule has 0 spiro atoms. The first-order valence-electron chi connectivity index (χ1n) is 44.9. The summed E-state index contributed by atoms with van der Waals surface area (Å²) in [6.07, 6.45) is 68.3. The molecule has 19 heteroatoms. The quantitative estimate of drug-likeness (QED) is 0.0222. The summed E-state index contributed by atoms with van der Waals surface area (Å²) >= 11 is 0. The summed E-state index contributed by atoms with van der Waals surface area (Å²) in [5.41, 5.74) is 0. The smallest absolute Gasteiger partial charge is 0.462 e. The third kappa shape index (κ3) is 78.7. The van der Waals surface area contributed by atoms with Crippen LogP contribution in [0.5, 0.6) is 0 Å². The van der Waals surface area contributed by atoms with Crippen molar-refractivity contribution in [3.8, 4) is 0 Å². The summed E-state index contributed by atoms with van der Waals surface area (Å²) in [4.78, 5) is 73.2. The van der Waals surface area contributed by atoms with Crippen LogP contribution in [-0.2, 0) is 65.4 Å². The molecular weight excluding hydrogens is 1380 g/mol. The number of phosphoric ester groups is 2. The summed E-state index contributed by atoms with van der Waals surface area (Å²) in [5.74, 6) is 0.268. The van der Waals surface area contributed by atoms with Crippen molar-refractivity contribution >= 4 is 39.5 Å². The summed E-state index contributed by atoms with van der Waals surface area (Å²) in [7, 11) is -9.93. The van der Waals surface area contributed by atoms with Crippen LogP contribution >= 0.6 is 15.6 Å². The van der Waals surface area contributed by atoms with E-state index in [-0.39, 0.29) is 25.7 Å². The minimum atomic E-state index is -4.97. The highest BCUT2D eigenvalue weighted by atomic mass is 31.2. The van der Waals surface area contributed by atoms with E-state index in [0.29, 0.717) is 31.6 Å². The lowest BCUT2D eigenvalue weighted by molar-refractivity contribution is -0.161. The number of esters is 4. The molecule has 0 saturated heterocycles. The van der Waals surface area contributed by atoms with Crippen LogP contribution in [0.15, 0.2) is 0 Å². The van der Waals surface area contributed by atoms with Crippen LogP contribution in [0.4, 0.5) is 0 Å². The Hall–Kier alpha value is -1.94. The zero-order valence-electron chi connectivity index (χ0n) is 69.9. The van der Waals surface area contributed by atoms with E-state index in [2.05, 4.69) is 48.5 Å². The van der Waals surface area contributed by atoms with E-state index in [0.717, 1.165) is 108 Å². The van der Waals surface area contributed by atoms with E-state index in [1.54, 1.807) is 0 Å². The Kier molecular flexibility index (Phi) is 75.6. The lowest BCUT2D eigenvalue weighted by Crippen LogP contribution is -2.30. The molecule has 17 nitrogen and oxygen atoms in total. The molecular formula is C87H170O17P2. The molecule has 0 aromatic rings. The lowest BCUT2D eigenvalue weighted by atomic mass is 9.99. The van der Waals surface area contributed by atoms with E-state index in [4.69, 9.17) is 37.0 Å². The van der Waals surface area contributed by atoms with Crippen molar-refractivity contribution in [3.05, 3.63) is 0 Å². The zero-order chi connectivity index (χ0) is 77.9. The van der Waals surface area contributed by atoms with Crippen molar-refractivity contribution in [2.45, 2.75) is 478 Å². The topological polar surface area (TPSA) is 237 Å². The molecule has 3 N–H and O–H groups in total. The number of phosphoric acid groups is 2. The predicted octanol–water partition coefficient (Wildman–Crippen LogP) is 26.5. The highest BCUT2D eigenvalue weighted by Gasteiger charge is 2.31. The summed E-state index contributed by atoms with van der Waals surface area (Å²) in [5, 5.41) is 10.7. The minimum Gasteiger partial charge on any atom is -0.462 e. The average Bonchev–Trinajstić information content (AvgIpc) is 0.904. The van der Waals surface area contributed by atoms with Gasteiger partial charge in [-0.15, -0.1) is 0 Å². The first-order valence-corrected chi connectivity index (χ1v) is 47.9. The summed E-state index contributed by atoms with van der Waals surface area (Å²) < 4.78 is 68.8. The Morgan fingerprint density at radius 2 is 0.481 bits per heavy atom. The third-order valence-electron chi connectivity index (χ3n) is 20.7. The van der Waals surface area contributed by atoms with Crippen LogP contribution in [0.25, 0.3) is 0 Å². The fourth-order valence-corrected chi connectivity index (χ4v) is 15.1. The van der Waals surface area contributed by atoms with Gasteiger partial charge in [0.15, 0.2) is 12.2 Å². The predicted molar refractivity (Wildman–Crippen MR) is 437 cm³/mol. The largest absolute Gasteiger partial charge is 0.472 e. The van der Waals surface area contributed by atoms with Gasteiger partial charge in [-0.05, 0) is 43.4 Å². The van der Waals surface area contributed by atoms with E-state index in [1.807, 2.05) is 0 Å². The number of carbonyl (C=O) groups excluding carboxylic acids is 4. The molecule has 0 aromatic heterocycles. The number of carbonyl (C=O) groups is 4. The van der Waals surface area contributed by atoms with Gasteiger partial charge in [0.05, 0.1) is 26.4 Å². The first kappa shape index (κ1) is 104. The molecule has 106 heavy (non-hydrogen) atoms. The van der Waals surface area contributed by atoms with Crippen molar-refractivity contribution in [1.82, 2.24) is 0 Å². The molecule has 6 atom stereocenters. The highest BCUT2D eigenvalue weighted by Crippen LogP contribution is 2.45. The second-order valence-electron chi connectivity index (χ2n) is 32.5. The molecule has 0 radical (unpaired) electrons. The number of hydrogen-bond acceptors (Lipinski definition) is 15. The fraction of sp³-hybridized carbons (Fsp3) is 0.954. The van der Waals surface area contributed by atoms with Gasteiger partial charge in [-0.25, -0.2) is 9.13 Å². The lowest BCUT2D eigenvalue weighted by Gasteiger charge is -2.21. The van der Waals surface area contributed by atoms with Gasteiger partial charge in [0.1, 0.15) is 19.3 Å². The second kappa shape index (κ2) is 77.0. The maximum atomic E-state index is 13.2. The second-order valence-corrected chi connectivity index (χ2v) is 35.4. The van der Waals surface area contributed by atoms with Crippen LogP contribution in [0.3, 0.4) is 0 Å². The normalized spacial score (nSPS) is 14.1. The van der Waals surface area contributed by atoms with Gasteiger partial charge in [-0.3, -0.25) is 37.3 Å². The highest BCUT2D eigenvalue weighted by molar-refractivity contribution is 7.47. The van der Waals surface area contributed by atoms with Crippen LogP contribution in [-0.4, -0.2) is 96.7 Å². The molecule has 630 valence electrons. The van der Waals surface area contributed by atoms with Gasteiger partial charge in [-0.2, -0.15) is 0 Å². The van der Waals surface area contributed by atoms with Gasteiger partial charge in [-0.1, -0.05) is 408 Å². The average molecular weight is 1550 g/mol. The molecule has 0 bridgehead atoms. The molecule has 0 heterocycles. The maximum absolute atomic E-state index is 13.2. The van der Waals surface area contributed by atoms with Crippen molar-refractivity contribution in [1.29, 1.82) is 0 Å². The molecule has 0 fully saturated rings. The Bertz CT molecular complexity index is 2050. The summed E-state index contributed by atoms with van der Waals surface area (Å²) in [6, 6.07) is 0. The van der Waals surface area contributed by atoms with Crippen molar-refractivity contribution < 1.29 is 80.2 Å². The van der Waals surface area contributed by atoms with Crippen LogP contribution < -0.4 is 0 Å². The van der Waals surface area contributed by atoms with E-state index >= 15 is 0 Å². The van der Waals surface area contributed by atoms with Crippen molar-refractivity contribution in [2.75, 3.05) is 39.6 Å². The Morgan fingerprint density at radius 3 is 0.717 bits per heavy atom. The number of rotatable bonds is 85. The number of unbranched alkanes of at least 4 members (excludes halogenated alkanes) is 52. The van der Waals surface area contributed by atoms with Gasteiger partial charge in [0, 0.05) is 25.7 Å². The van der Waals surface area contributed by atoms with Gasteiger partial charge < -0.3 is 33.8 Å². The van der Waals surface area contributed by atoms with E-state index < -0.39 is 97.5 Å². The molecule has 0 amide bonds. The van der Waals surface area contributed by atoms with Gasteiger partial charge in [0.2, 0.25) is 0 Å². The molecule has 0 aliphatic rings. The SMILES string of the molecule is CCCCCCCCCCCCCCCCC(=O)O[C@H](COC(=O)CCCCCCCCC(C)C)COP(=O)(O)OC[C@H](O)COP(=O)(O)OC[C@@H](COC(=O)CCCCCCCCCCCCCCCCCCCCC(C)C)OC(=O)CCCCCCCCCCCCCCCCCCCCC(C)CC. The van der Waals surface area contributed by atoms with Crippen LogP contribution in [0, 0.1) is 17.8 Å². The molecule has 0 aliphatic carbocycles. The summed E-state index contributed by atoms with van der Waals surface area (Å²) in [6.45, 7) is 12.0. The maximum Gasteiger partial charge on any atom is 0.472 e. The molecule has 0 aromatic carbocycles. The number of aliphatic hydroxyl groups is 1. The van der Waals surface area contributed by atoms with Crippen LogP contribution in [0.2, 0.25) is 0 Å². The first-order chi connectivity index (χ1) is 51.3. The monoisotopic (exact) mass is 1550 g/mol. The van der Waals surface area contributed by atoms with E-state index in [9.17, 15) is 43.2 Å². The number of ether oxygens (including phenoxy) is 4. The molecule has 3 unspecified atom stereocenters. The molecule has 0 saturated carbocycles. The van der Waals surface area contributed by atoms with E-state index in [1.165, 1.54) is 263 Å². The van der Waals surface area contributed by atoms with Gasteiger partial charge >= 0.3 is 39.5 Å². The van der Waals surface area contributed by atoms with Crippen molar-refractivity contribution in [3.63, 3.8) is 0 Å². The fourth-order valence-electron chi connectivity index (χ4n) is 13.5. The third-order valence-corrected chi connectivity index (χ3v) is 22.6.